The highest BCUT2D eigenvalue weighted by Gasteiger charge is 2.31. The van der Waals surface area contributed by atoms with Gasteiger partial charge >= 0.3 is 5.97 Å². The Morgan fingerprint density at radius 3 is 2.50 bits per heavy atom. The summed E-state index contributed by atoms with van der Waals surface area (Å²) in [6, 6.07) is 5.74. The molecule has 3 heteroatoms. The fourth-order valence-electron chi connectivity index (χ4n) is 1.23. The molecule has 0 spiro atoms. The molecule has 0 aliphatic heterocycles. The highest BCUT2D eigenvalue weighted by molar-refractivity contribution is 9.10. The quantitative estimate of drug-likeness (QED) is 0.883. The van der Waals surface area contributed by atoms with E-state index in [1.165, 1.54) is 0 Å². The van der Waals surface area contributed by atoms with Crippen LogP contribution in [0.2, 0.25) is 0 Å². The van der Waals surface area contributed by atoms with E-state index in [1.54, 1.807) is 13.8 Å². The lowest BCUT2D eigenvalue weighted by molar-refractivity contribution is -0.142. The number of aryl methyl sites for hydroxylation is 1. The highest BCUT2D eigenvalue weighted by Crippen LogP contribution is 2.31. The molecule has 0 atom stereocenters. The Morgan fingerprint density at radius 2 is 2.00 bits per heavy atom. The molecule has 0 amide bonds. The normalized spacial score (nSPS) is 11.4. The van der Waals surface area contributed by atoms with Crippen LogP contribution in [-0.2, 0) is 10.2 Å². The third-order valence-electron chi connectivity index (χ3n) is 2.33. The highest BCUT2D eigenvalue weighted by atomic mass is 79.9. The second-order valence-electron chi connectivity index (χ2n) is 3.91. The molecule has 0 saturated carbocycles. The summed E-state index contributed by atoms with van der Waals surface area (Å²) in [6.07, 6.45) is 0. The predicted molar refractivity (Wildman–Crippen MR) is 59.5 cm³/mol. The Balaban J connectivity index is 3.31. The van der Waals surface area contributed by atoms with Crippen molar-refractivity contribution >= 4 is 21.9 Å². The number of hydrogen-bond donors (Lipinski definition) is 1. The molecule has 1 rings (SSSR count). The van der Waals surface area contributed by atoms with E-state index in [2.05, 4.69) is 15.9 Å². The Labute approximate surface area is 92.1 Å². The van der Waals surface area contributed by atoms with Crippen LogP contribution in [0.5, 0.6) is 0 Å². The molecule has 0 fully saturated rings. The van der Waals surface area contributed by atoms with Gasteiger partial charge in [-0.1, -0.05) is 33.6 Å². The fourth-order valence-corrected chi connectivity index (χ4v) is 1.98. The van der Waals surface area contributed by atoms with Crippen molar-refractivity contribution in [3.8, 4) is 0 Å². The molecule has 1 aromatic carbocycles. The topological polar surface area (TPSA) is 37.3 Å². The number of hydrogen-bond acceptors (Lipinski definition) is 1. The van der Waals surface area contributed by atoms with Crippen molar-refractivity contribution in [3.63, 3.8) is 0 Å². The Bertz CT molecular complexity index is 370. The lowest BCUT2D eigenvalue weighted by Crippen LogP contribution is -2.29. The van der Waals surface area contributed by atoms with Gasteiger partial charge in [0.05, 0.1) is 5.41 Å². The molecule has 0 saturated heterocycles. The van der Waals surface area contributed by atoms with Crippen LogP contribution in [-0.4, -0.2) is 11.1 Å². The monoisotopic (exact) mass is 256 g/mol. The van der Waals surface area contributed by atoms with E-state index in [1.807, 2.05) is 25.1 Å². The summed E-state index contributed by atoms with van der Waals surface area (Å²) in [5.74, 6) is -0.816. The summed E-state index contributed by atoms with van der Waals surface area (Å²) >= 11 is 3.37. The van der Waals surface area contributed by atoms with Crippen LogP contribution in [0.1, 0.15) is 25.0 Å². The predicted octanol–water partition coefficient (Wildman–Crippen LogP) is 3.12. The van der Waals surface area contributed by atoms with E-state index in [9.17, 15) is 4.79 Å². The van der Waals surface area contributed by atoms with Crippen molar-refractivity contribution in [2.45, 2.75) is 26.2 Å². The first-order chi connectivity index (χ1) is 6.35. The molecule has 1 N–H and O–H groups in total. The van der Waals surface area contributed by atoms with Crippen LogP contribution in [0.3, 0.4) is 0 Å². The van der Waals surface area contributed by atoms with Gasteiger partial charge in [-0.15, -0.1) is 0 Å². The molecule has 76 valence electrons. The van der Waals surface area contributed by atoms with E-state index in [0.29, 0.717) is 0 Å². The van der Waals surface area contributed by atoms with Crippen LogP contribution in [0.15, 0.2) is 22.7 Å². The SMILES string of the molecule is Cc1ccc(Br)c(C(C)(C)C(=O)O)c1. The van der Waals surface area contributed by atoms with Gasteiger partial charge in [0.1, 0.15) is 0 Å². The maximum absolute atomic E-state index is 11.1. The lowest BCUT2D eigenvalue weighted by atomic mass is 9.84. The van der Waals surface area contributed by atoms with Crippen molar-refractivity contribution in [3.05, 3.63) is 33.8 Å². The summed E-state index contributed by atoms with van der Waals surface area (Å²) in [7, 11) is 0. The molecule has 2 nitrogen and oxygen atoms in total. The first kappa shape index (κ1) is 11.2. The van der Waals surface area contributed by atoms with Crippen molar-refractivity contribution in [2.75, 3.05) is 0 Å². The van der Waals surface area contributed by atoms with Crippen molar-refractivity contribution < 1.29 is 9.90 Å². The Morgan fingerprint density at radius 1 is 1.43 bits per heavy atom. The molecule has 0 bridgehead atoms. The van der Waals surface area contributed by atoms with Crippen LogP contribution >= 0.6 is 15.9 Å². The van der Waals surface area contributed by atoms with Gasteiger partial charge in [0.2, 0.25) is 0 Å². The zero-order valence-electron chi connectivity index (χ0n) is 8.47. The zero-order valence-corrected chi connectivity index (χ0v) is 10.1. The summed E-state index contributed by atoms with van der Waals surface area (Å²) < 4.78 is 0.843. The summed E-state index contributed by atoms with van der Waals surface area (Å²) in [5.41, 5.74) is 1.02. The van der Waals surface area contributed by atoms with Crippen LogP contribution in [0.25, 0.3) is 0 Å². The molecular weight excluding hydrogens is 244 g/mol. The third-order valence-corrected chi connectivity index (χ3v) is 3.02. The minimum atomic E-state index is -0.856. The minimum absolute atomic E-state index is 0.810. The molecule has 0 aliphatic carbocycles. The zero-order chi connectivity index (χ0) is 10.9. The molecule has 0 radical (unpaired) electrons. The summed E-state index contributed by atoms with van der Waals surface area (Å²) in [5, 5.41) is 9.09. The van der Waals surface area contributed by atoms with Gasteiger partial charge in [-0.3, -0.25) is 4.79 Å². The van der Waals surface area contributed by atoms with Gasteiger partial charge < -0.3 is 5.11 Å². The van der Waals surface area contributed by atoms with Gasteiger partial charge in [-0.2, -0.15) is 0 Å². The molecule has 0 aliphatic rings. The van der Waals surface area contributed by atoms with Crippen molar-refractivity contribution in [1.82, 2.24) is 0 Å². The number of benzene rings is 1. The van der Waals surface area contributed by atoms with E-state index in [4.69, 9.17) is 5.11 Å². The van der Waals surface area contributed by atoms with Crippen molar-refractivity contribution in [2.24, 2.45) is 0 Å². The molecule has 0 unspecified atom stereocenters. The lowest BCUT2D eigenvalue weighted by Gasteiger charge is -2.21. The number of carboxylic acids is 1. The molecule has 0 heterocycles. The number of halogens is 1. The van der Waals surface area contributed by atoms with E-state index >= 15 is 0 Å². The standard InChI is InChI=1S/C11H13BrO2/c1-7-4-5-9(12)8(6-7)11(2,3)10(13)14/h4-6H,1-3H3,(H,13,14). The van der Waals surface area contributed by atoms with E-state index < -0.39 is 11.4 Å². The van der Waals surface area contributed by atoms with Crippen LogP contribution in [0.4, 0.5) is 0 Å². The number of carboxylic acid groups (broad SMARTS) is 1. The smallest absolute Gasteiger partial charge is 0.313 e. The molecule has 14 heavy (non-hydrogen) atoms. The number of carbonyl (C=O) groups is 1. The van der Waals surface area contributed by atoms with Gasteiger partial charge in [0, 0.05) is 4.47 Å². The molecule has 0 aromatic heterocycles. The van der Waals surface area contributed by atoms with Gasteiger partial charge in [0.15, 0.2) is 0 Å². The van der Waals surface area contributed by atoms with E-state index in [-0.39, 0.29) is 0 Å². The van der Waals surface area contributed by atoms with Crippen molar-refractivity contribution in [1.29, 1.82) is 0 Å². The number of rotatable bonds is 2. The van der Waals surface area contributed by atoms with Gasteiger partial charge in [-0.25, -0.2) is 0 Å². The van der Waals surface area contributed by atoms with Gasteiger partial charge in [0.25, 0.3) is 0 Å². The second kappa shape index (κ2) is 3.73. The molecule has 1 aromatic rings. The maximum Gasteiger partial charge on any atom is 0.313 e. The first-order valence-electron chi connectivity index (χ1n) is 4.35. The fraction of sp³-hybridized carbons (Fsp3) is 0.364. The average molecular weight is 257 g/mol. The summed E-state index contributed by atoms with van der Waals surface area (Å²) in [6.45, 7) is 5.36. The summed E-state index contributed by atoms with van der Waals surface area (Å²) in [4.78, 5) is 11.1. The number of aliphatic carboxylic acids is 1. The van der Waals surface area contributed by atoms with Gasteiger partial charge in [-0.05, 0) is 32.4 Å². The largest absolute Gasteiger partial charge is 0.481 e. The third kappa shape index (κ3) is 1.98. The van der Waals surface area contributed by atoms with Crippen LogP contribution in [0, 0.1) is 6.92 Å². The average Bonchev–Trinajstić information content (AvgIpc) is 2.08. The Kier molecular flexibility index (Phi) is 3.00. The minimum Gasteiger partial charge on any atom is -0.481 e. The van der Waals surface area contributed by atoms with E-state index in [0.717, 1.165) is 15.6 Å². The maximum atomic E-state index is 11.1. The van der Waals surface area contributed by atoms with Crippen LogP contribution < -0.4 is 0 Å². The molecular formula is C11H13BrO2. The first-order valence-corrected chi connectivity index (χ1v) is 5.15. The Hall–Kier alpha value is -0.830. The second-order valence-corrected chi connectivity index (χ2v) is 4.77.